The Morgan fingerprint density at radius 2 is 2.14 bits per heavy atom. The van der Waals surface area contributed by atoms with Gasteiger partial charge in [0.15, 0.2) is 5.69 Å². The van der Waals surface area contributed by atoms with Crippen molar-refractivity contribution in [1.82, 2.24) is 19.6 Å². The van der Waals surface area contributed by atoms with Gasteiger partial charge >= 0.3 is 5.97 Å². The Hall–Kier alpha value is -2.63. The summed E-state index contributed by atoms with van der Waals surface area (Å²) in [5.74, 6) is -1.05. The van der Waals surface area contributed by atoms with Crippen LogP contribution in [0.4, 0.5) is 0 Å². The van der Waals surface area contributed by atoms with E-state index in [4.69, 9.17) is 5.11 Å². The normalized spacial score (nSPS) is 11.1. The summed E-state index contributed by atoms with van der Waals surface area (Å²) in [5.41, 5.74) is 2.52. The number of rotatable bonds is 5. The molecule has 2 aromatic heterocycles. The van der Waals surface area contributed by atoms with Crippen molar-refractivity contribution < 1.29 is 9.90 Å². The largest absolute Gasteiger partial charge is 0.476 e. The lowest BCUT2D eigenvalue weighted by Gasteiger charge is -2.08. The Bertz CT molecular complexity index is 788. The first kappa shape index (κ1) is 13.4. The lowest BCUT2D eigenvalue weighted by atomic mass is 10.1. The molecule has 6 heteroatoms. The number of aromatic nitrogens is 4. The van der Waals surface area contributed by atoms with Gasteiger partial charge in [0.1, 0.15) is 0 Å². The number of aromatic carboxylic acids is 1. The van der Waals surface area contributed by atoms with Gasteiger partial charge in [-0.1, -0.05) is 30.3 Å². The van der Waals surface area contributed by atoms with Crippen LogP contribution in [-0.2, 0) is 19.5 Å². The molecule has 3 rings (SSSR count). The molecule has 0 atom stereocenters. The van der Waals surface area contributed by atoms with Crippen molar-refractivity contribution in [3.63, 3.8) is 0 Å². The van der Waals surface area contributed by atoms with E-state index >= 15 is 0 Å². The maximum atomic E-state index is 10.8. The molecule has 0 fully saturated rings. The molecular formula is C15H16N4O2. The summed E-state index contributed by atoms with van der Waals surface area (Å²) in [4.78, 5) is 10.8. The molecule has 0 aliphatic heterocycles. The Kier molecular flexibility index (Phi) is 3.43. The Morgan fingerprint density at radius 3 is 2.86 bits per heavy atom. The van der Waals surface area contributed by atoms with Gasteiger partial charge in [0, 0.05) is 12.7 Å². The monoisotopic (exact) mass is 284 g/mol. The second-order valence-electron chi connectivity index (χ2n) is 4.89. The zero-order valence-corrected chi connectivity index (χ0v) is 11.7. The van der Waals surface area contributed by atoms with Gasteiger partial charge in [0.2, 0.25) is 0 Å². The molecule has 0 amide bonds. The van der Waals surface area contributed by atoms with E-state index < -0.39 is 5.97 Å². The lowest BCUT2D eigenvalue weighted by Crippen LogP contribution is -2.08. The molecule has 0 spiro atoms. The van der Waals surface area contributed by atoms with Crippen molar-refractivity contribution in [2.75, 3.05) is 0 Å². The highest BCUT2D eigenvalue weighted by molar-refractivity contribution is 5.84. The molecule has 0 bridgehead atoms. The molecule has 108 valence electrons. The lowest BCUT2D eigenvalue weighted by molar-refractivity contribution is 0.0690. The molecule has 0 aliphatic rings. The topological polar surface area (TPSA) is 72.9 Å². The minimum absolute atomic E-state index is 0.0263. The molecule has 3 aromatic rings. The first-order valence-electron chi connectivity index (χ1n) is 6.89. The van der Waals surface area contributed by atoms with Gasteiger partial charge in [0.05, 0.1) is 18.3 Å². The zero-order chi connectivity index (χ0) is 14.8. The number of hydrogen-bond donors (Lipinski definition) is 1. The van der Waals surface area contributed by atoms with Crippen LogP contribution in [0.5, 0.6) is 0 Å². The van der Waals surface area contributed by atoms with Crippen molar-refractivity contribution in [1.29, 1.82) is 0 Å². The number of benzene rings is 1. The predicted molar refractivity (Wildman–Crippen MR) is 78.3 cm³/mol. The van der Waals surface area contributed by atoms with Crippen LogP contribution < -0.4 is 0 Å². The number of carbonyl (C=O) groups is 1. The standard InChI is InChI=1S/C15H16N4O2/c1-2-11-4-3-5-12-6-7-18(14(11)12)8-9-19-10-13(15(20)21)16-17-19/h3-7,10H,2,8-9H2,1H3,(H,20,21). The summed E-state index contributed by atoms with van der Waals surface area (Å²) in [7, 11) is 0. The fraction of sp³-hybridized carbons (Fsp3) is 0.267. The van der Waals surface area contributed by atoms with E-state index in [1.54, 1.807) is 4.68 Å². The van der Waals surface area contributed by atoms with E-state index in [9.17, 15) is 4.79 Å². The van der Waals surface area contributed by atoms with E-state index in [1.165, 1.54) is 22.7 Å². The Labute approximate surface area is 121 Å². The van der Waals surface area contributed by atoms with Gasteiger partial charge < -0.3 is 9.67 Å². The summed E-state index contributed by atoms with van der Waals surface area (Å²) in [6.07, 6.45) is 4.49. The second-order valence-corrected chi connectivity index (χ2v) is 4.89. The first-order chi connectivity index (χ1) is 10.2. The summed E-state index contributed by atoms with van der Waals surface area (Å²) in [5, 5.41) is 17.5. The fourth-order valence-electron chi connectivity index (χ4n) is 2.53. The molecule has 0 saturated carbocycles. The molecule has 6 nitrogen and oxygen atoms in total. The van der Waals surface area contributed by atoms with E-state index in [0.29, 0.717) is 6.54 Å². The van der Waals surface area contributed by atoms with Crippen molar-refractivity contribution in [3.05, 3.63) is 47.9 Å². The van der Waals surface area contributed by atoms with E-state index in [2.05, 4.69) is 52.3 Å². The van der Waals surface area contributed by atoms with Gasteiger partial charge in [-0.3, -0.25) is 0 Å². The average molecular weight is 284 g/mol. The molecule has 21 heavy (non-hydrogen) atoms. The highest BCUT2D eigenvalue weighted by Gasteiger charge is 2.09. The second kappa shape index (κ2) is 5.40. The number of carboxylic acid groups (broad SMARTS) is 1. The molecule has 0 radical (unpaired) electrons. The van der Waals surface area contributed by atoms with Crippen LogP contribution in [0.2, 0.25) is 0 Å². The number of para-hydroxylation sites is 1. The van der Waals surface area contributed by atoms with Gasteiger partial charge in [-0.25, -0.2) is 9.48 Å². The third-order valence-electron chi connectivity index (χ3n) is 3.58. The van der Waals surface area contributed by atoms with Crippen molar-refractivity contribution >= 4 is 16.9 Å². The molecular weight excluding hydrogens is 268 g/mol. The van der Waals surface area contributed by atoms with Gasteiger partial charge in [-0.05, 0) is 23.4 Å². The SMILES string of the molecule is CCc1cccc2ccn(CCn3cc(C(=O)O)nn3)c12. The average Bonchev–Trinajstić information content (AvgIpc) is 3.11. The minimum Gasteiger partial charge on any atom is -0.476 e. The van der Waals surface area contributed by atoms with Crippen LogP contribution in [0.25, 0.3) is 10.9 Å². The van der Waals surface area contributed by atoms with E-state index in [-0.39, 0.29) is 5.69 Å². The molecule has 1 N–H and O–H groups in total. The Morgan fingerprint density at radius 1 is 1.29 bits per heavy atom. The molecule has 0 saturated heterocycles. The van der Waals surface area contributed by atoms with E-state index in [0.717, 1.165) is 13.0 Å². The van der Waals surface area contributed by atoms with Gasteiger partial charge in [0.25, 0.3) is 0 Å². The Balaban J connectivity index is 1.83. The van der Waals surface area contributed by atoms with Gasteiger partial charge in [-0.2, -0.15) is 0 Å². The van der Waals surface area contributed by atoms with Crippen LogP contribution in [0, 0.1) is 0 Å². The highest BCUT2D eigenvalue weighted by Crippen LogP contribution is 2.20. The number of fused-ring (bicyclic) bond motifs is 1. The van der Waals surface area contributed by atoms with Crippen LogP contribution >= 0.6 is 0 Å². The summed E-state index contributed by atoms with van der Waals surface area (Å²) >= 11 is 0. The van der Waals surface area contributed by atoms with Crippen LogP contribution in [0.15, 0.2) is 36.7 Å². The number of aryl methyl sites for hydroxylation is 3. The third kappa shape index (κ3) is 2.52. The minimum atomic E-state index is -1.05. The molecule has 2 heterocycles. The van der Waals surface area contributed by atoms with Crippen LogP contribution in [-0.4, -0.2) is 30.6 Å². The smallest absolute Gasteiger partial charge is 0.358 e. The van der Waals surface area contributed by atoms with Crippen LogP contribution in [0.3, 0.4) is 0 Å². The number of carboxylic acids is 1. The number of hydrogen-bond acceptors (Lipinski definition) is 3. The number of nitrogens with zero attached hydrogens (tertiary/aromatic N) is 4. The van der Waals surface area contributed by atoms with E-state index in [1.807, 2.05) is 0 Å². The van der Waals surface area contributed by atoms with Crippen LogP contribution in [0.1, 0.15) is 23.0 Å². The summed E-state index contributed by atoms with van der Waals surface area (Å²) < 4.78 is 3.74. The predicted octanol–water partition coefficient (Wildman–Crippen LogP) is 2.19. The zero-order valence-electron chi connectivity index (χ0n) is 11.7. The summed E-state index contributed by atoms with van der Waals surface area (Å²) in [6, 6.07) is 8.40. The van der Waals surface area contributed by atoms with Crippen molar-refractivity contribution in [3.8, 4) is 0 Å². The third-order valence-corrected chi connectivity index (χ3v) is 3.58. The quantitative estimate of drug-likeness (QED) is 0.779. The molecule has 0 aliphatic carbocycles. The summed E-state index contributed by atoms with van der Waals surface area (Å²) in [6.45, 7) is 3.45. The van der Waals surface area contributed by atoms with Crippen molar-refractivity contribution in [2.24, 2.45) is 0 Å². The maximum absolute atomic E-state index is 10.8. The molecule has 0 unspecified atom stereocenters. The van der Waals surface area contributed by atoms with Gasteiger partial charge in [-0.15, -0.1) is 5.10 Å². The maximum Gasteiger partial charge on any atom is 0.358 e. The molecule has 1 aromatic carbocycles. The first-order valence-corrected chi connectivity index (χ1v) is 6.89. The fourth-order valence-corrected chi connectivity index (χ4v) is 2.53. The highest BCUT2D eigenvalue weighted by atomic mass is 16.4. The van der Waals surface area contributed by atoms with Crippen molar-refractivity contribution in [2.45, 2.75) is 26.4 Å².